The molecule has 0 spiro atoms. The highest BCUT2D eigenvalue weighted by atomic mass is 32.2. The van der Waals surface area contributed by atoms with Crippen LogP contribution in [0, 0.1) is 18.3 Å². The van der Waals surface area contributed by atoms with E-state index in [1.54, 1.807) is 11.3 Å². The van der Waals surface area contributed by atoms with Crippen LogP contribution >= 0.6 is 23.1 Å². The fraction of sp³-hybridized carbons (Fsp3) is 0.579. The maximum Gasteiger partial charge on any atom is 0.238 e. The van der Waals surface area contributed by atoms with Crippen LogP contribution < -0.4 is 5.32 Å². The fourth-order valence-electron chi connectivity index (χ4n) is 3.56. The summed E-state index contributed by atoms with van der Waals surface area (Å²) in [6.07, 6.45) is 7.75. The Hall–Kier alpha value is -1.85. The summed E-state index contributed by atoms with van der Waals surface area (Å²) in [5, 5.41) is 22.3. The molecule has 27 heavy (non-hydrogen) atoms. The zero-order chi connectivity index (χ0) is 19.0. The van der Waals surface area contributed by atoms with E-state index >= 15 is 0 Å². The highest BCUT2D eigenvalue weighted by Gasteiger charge is 2.30. The van der Waals surface area contributed by atoms with Crippen LogP contribution in [0.25, 0.3) is 0 Å². The molecule has 0 bridgehead atoms. The van der Waals surface area contributed by atoms with Gasteiger partial charge < -0.3 is 9.88 Å². The largest absolute Gasteiger partial charge is 0.316 e. The Labute approximate surface area is 167 Å². The number of fused-ring (bicyclic) bond motifs is 1. The lowest BCUT2D eigenvalue weighted by atomic mass is 10.1. The number of hydrogen-bond acceptors (Lipinski definition) is 6. The Kier molecular flexibility index (Phi) is 5.24. The van der Waals surface area contributed by atoms with Crippen LogP contribution in [-0.4, -0.2) is 25.9 Å². The zero-order valence-electron chi connectivity index (χ0n) is 15.6. The summed E-state index contributed by atoms with van der Waals surface area (Å²) in [5.74, 6) is 0.817. The van der Waals surface area contributed by atoms with E-state index in [4.69, 9.17) is 0 Å². The number of thioether (sulfide) groups is 1. The summed E-state index contributed by atoms with van der Waals surface area (Å²) in [4.78, 5) is 14.0. The molecule has 1 atom stereocenters. The molecule has 142 valence electrons. The van der Waals surface area contributed by atoms with Gasteiger partial charge in [0.1, 0.15) is 16.9 Å². The van der Waals surface area contributed by atoms with Gasteiger partial charge in [-0.15, -0.1) is 21.5 Å². The lowest BCUT2D eigenvalue weighted by Crippen LogP contribution is -2.23. The Balaban J connectivity index is 1.48. The second-order valence-electron chi connectivity index (χ2n) is 7.26. The summed E-state index contributed by atoms with van der Waals surface area (Å²) in [6.45, 7) is 3.84. The van der Waals surface area contributed by atoms with E-state index in [0.29, 0.717) is 16.6 Å². The van der Waals surface area contributed by atoms with Gasteiger partial charge in [0, 0.05) is 10.9 Å². The lowest BCUT2D eigenvalue weighted by Gasteiger charge is -2.12. The van der Waals surface area contributed by atoms with Crippen LogP contribution in [0.1, 0.15) is 66.9 Å². The van der Waals surface area contributed by atoms with Gasteiger partial charge in [-0.1, -0.05) is 18.2 Å². The Morgan fingerprint density at radius 2 is 2.11 bits per heavy atom. The predicted molar refractivity (Wildman–Crippen MR) is 107 cm³/mol. The average Bonchev–Trinajstić information content (AvgIpc) is 3.39. The quantitative estimate of drug-likeness (QED) is 0.598. The molecule has 4 rings (SSSR count). The fourth-order valence-corrected chi connectivity index (χ4v) is 5.77. The number of nitrogens with zero attached hydrogens (tertiary/aromatic N) is 4. The number of nitrogens with one attached hydrogen (secondary N) is 1. The number of aromatic nitrogens is 3. The molecule has 2 aromatic rings. The van der Waals surface area contributed by atoms with Crippen LogP contribution in [0.3, 0.4) is 0 Å². The van der Waals surface area contributed by atoms with Crippen molar-refractivity contribution in [3.63, 3.8) is 0 Å². The molecule has 1 amide bonds. The van der Waals surface area contributed by atoms with Gasteiger partial charge in [0.25, 0.3) is 0 Å². The first-order chi connectivity index (χ1) is 13.1. The average molecular weight is 402 g/mol. The third-order valence-electron chi connectivity index (χ3n) is 5.17. The molecule has 2 aromatic heterocycles. The number of carbonyl (C=O) groups excluding carboxylic acids is 1. The topological polar surface area (TPSA) is 83.6 Å². The normalized spacial score (nSPS) is 17.7. The number of anilines is 1. The van der Waals surface area contributed by atoms with Crippen LogP contribution in [0.4, 0.5) is 5.00 Å². The molecule has 2 heterocycles. The van der Waals surface area contributed by atoms with Gasteiger partial charge in [-0.05, 0) is 57.9 Å². The first-order valence-corrected chi connectivity index (χ1v) is 11.2. The van der Waals surface area contributed by atoms with E-state index in [0.717, 1.165) is 55.1 Å². The molecule has 1 fully saturated rings. The Morgan fingerprint density at radius 3 is 2.85 bits per heavy atom. The molecule has 2 aliphatic carbocycles. The van der Waals surface area contributed by atoms with E-state index in [1.165, 1.54) is 23.1 Å². The Bertz CT molecular complexity index is 906. The van der Waals surface area contributed by atoms with Gasteiger partial charge >= 0.3 is 0 Å². The molecule has 2 aliphatic rings. The summed E-state index contributed by atoms with van der Waals surface area (Å²) in [5.41, 5.74) is 1.82. The van der Waals surface area contributed by atoms with Crippen molar-refractivity contribution in [1.29, 1.82) is 5.26 Å². The van der Waals surface area contributed by atoms with E-state index in [1.807, 2.05) is 13.8 Å². The zero-order valence-corrected chi connectivity index (χ0v) is 17.3. The summed E-state index contributed by atoms with van der Waals surface area (Å²) in [7, 11) is 0. The summed E-state index contributed by atoms with van der Waals surface area (Å²) in [6, 6.07) is 2.81. The molecule has 0 unspecified atom stereocenters. The van der Waals surface area contributed by atoms with E-state index in [9.17, 15) is 10.1 Å². The first kappa shape index (κ1) is 18.5. The number of nitriles is 1. The molecular formula is C19H23N5OS2. The molecule has 0 radical (unpaired) electrons. The number of thiophene rings is 1. The minimum Gasteiger partial charge on any atom is -0.316 e. The minimum absolute atomic E-state index is 0.0871. The predicted octanol–water partition coefficient (Wildman–Crippen LogP) is 4.24. The van der Waals surface area contributed by atoms with Gasteiger partial charge in [-0.3, -0.25) is 4.79 Å². The molecule has 1 N–H and O–H groups in total. The third-order valence-corrected chi connectivity index (χ3v) is 7.43. The number of carbonyl (C=O) groups is 1. The molecular weight excluding hydrogens is 378 g/mol. The van der Waals surface area contributed by atoms with Crippen molar-refractivity contribution in [2.45, 2.75) is 75.2 Å². The number of rotatable bonds is 5. The molecule has 0 aromatic carbocycles. The van der Waals surface area contributed by atoms with Gasteiger partial charge in [0.05, 0.1) is 10.8 Å². The van der Waals surface area contributed by atoms with E-state index in [-0.39, 0.29) is 11.2 Å². The second-order valence-corrected chi connectivity index (χ2v) is 9.67. The standard InChI is InChI=1S/C19H23N5OS2/c1-11(26-19-23-22-12(2)24(19)13-8-9-13)17(25)21-18-15(10-20)14-6-4-3-5-7-16(14)27-18/h11,13H,3-9H2,1-2H3,(H,21,25)/t11-/m1/s1. The second kappa shape index (κ2) is 7.64. The molecule has 6 nitrogen and oxygen atoms in total. The van der Waals surface area contributed by atoms with Crippen molar-refractivity contribution in [3.05, 3.63) is 21.8 Å². The third kappa shape index (κ3) is 3.76. The molecule has 0 aliphatic heterocycles. The molecule has 8 heteroatoms. The van der Waals surface area contributed by atoms with E-state index < -0.39 is 0 Å². The molecule has 1 saturated carbocycles. The van der Waals surface area contributed by atoms with Crippen LogP contribution in [-0.2, 0) is 17.6 Å². The van der Waals surface area contributed by atoms with Crippen molar-refractivity contribution < 1.29 is 4.79 Å². The maximum atomic E-state index is 12.8. The van der Waals surface area contributed by atoms with Gasteiger partial charge in [0.2, 0.25) is 5.91 Å². The lowest BCUT2D eigenvalue weighted by molar-refractivity contribution is -0.115. The highest BCUT2D eigenvalue weighted by molar-refractivity contribution is 8.00. The van der Waals surface area contributed by atoms with Crippen molar-refractivity contribution in [2.24, 2.45) is 0 Å². The molecule has 0 saturated heterocycles. The van der Waals surface area contributed by atoms with Crippen molar-refractivity contribution >= 4 is 34.0 Å². The number of hydrogen-bond donors (Lipinski definition) is 1. The monoisotopic (exact) mass is 401 g/mol. The summed E-state index contributed by atoms with van der Waals surface area (Å²) >= 11 is 3.01. The maximum absolute atomic E-state index is 12.8. The summed E-state index contributed by atoms with van der Waals surface area (Å²) < 4.78 is 2.14. The number of aryl methyl sites for hydroxylation is 2. The highest BCUT2D eigenvalue weighted by Crippen LogP contribution is 2.40. The van der Waals surface area contributed by atoms with Crippen LogP contribution in [0.15, 0.2) is 5.16 Å². The van der Waals surface area contributed by atoms with Crippen molar-refractivity contribution in [2.75, 3.05) is 5.32 Å². The van der Waals surface area contributed by atoms with Crippen LogP contribution in [0.5, 0.6) is 0 Å². The van der Waals surface area contributed by atoms with Gasteiger partial charge in [-0.2, -0.15) is 5.26 Å². The smallest absolute Gasteiger partial charge is 0.238 e. The Morgan fingerprint density at radius 1 is 1.33 bits per heavy atom. The first-order valence-electron chi connectivity index (χ1n) is 9.52. The number of amides is 1. The van der Waals surface area contributed by atoms with Gasteiger partial charge in [-0.25, -0.2) is 0 Å². The minimum atomic E-state index is -0.306. The van der Waals surface area contributed by atoms with Gasteiger partial charge in [0.15, 0.2) is 5.16 Å². The van der Waals surface area contributed by atoms with Crippen molar-refractivity contribution in [1.82, 2.24) is 14.8 Å². The SMILES string of the molecule is Cc1nnc(S[C@H](C)C(=O)Nc2sc3c(c2C#N)CCCCC3)n1C1CC1. The van der Waals surface area contributed by atoms with E-state index in [2.05, 4.69) is 26.2 Å². The van der Waals surface area contributed by atoms with Crippen molar-refractivity contribution in [3.8, 4) is 6.07 Å². The van der Waals surface area contributed by atoms with Crippen LogP contribution in [0.2, 0.25) is 0 Å².